The smallest absolute Gasteiger partial charge is 0.416 e. The van der Waals surface area contributed by atoms with Crippen molar-refractivity contribution in [3.8, 4) is 0 Å². The zero-order chi connectivity index (χ0) is 19.7. The van der Waals surface area contributed by atoms with Gasteiger partial charge < -0.3 is 10.4 Å². The van der Waals surface area contributed by atoms with Crippen molar-refractivity contribution in [1.29, 1.82) is 0 Å². The molecule has 0 saturated heterocycles. The van der Waals surface area contributed by atoms with Crippen molar-refractivity contribution in [2.45, 2.75) is 43.8 Å². The number of nitrogens with zero attached hydrogens (tertiary/aromatic N) is 2. The van der Waals surface area contributed by atoms with Gasteiger partial charge in [-0.1, -0.05) is 31.0 Å². The number of anilines is 1. The van der Waals surface area contributed by atoms with Crippen molar-refractivity contribution in [2.75, 3.05) is 5.32 Å². The first-order valence-electron chi connectivity index (χ1n) is 8.45. The maximum absolute atomic E-state index is 13.1. The van der Waals surface area contributed by atoms with Crippen molar-refractivity contribution < 1.29 is 27.9 Å². The number of carbonyl (C=O) groups is 2. The number of nitrogens with one attached hydrogen (secondary N) is 1. The third-order valence-corrected chi connectivity index (χ3v) is 4.81. The van der Waals surface area contributed by atoms with Crippen molar-refractivity contribution in [2.24, 2.45) is 0 Å². The van der Waals surface area contributed by atoms with Crippen LogP contribution in [0.3, 0.4) is 0 Å². The number of aliphatic carboxylic acids is 1. The highest BCUT2D eigenvalue weighted by molar-refractivity contribution is 5.98. The number of hydrogen-bond acceptors (Lipinski definition) is 3. The fraction of sp³-hybridized carbons (Fsp3) is 0.389. The standard InChI is InChI=1S/C18H18F3N3O3/c19-18(20,21)13-5-3-4-12(10-13)17(7-1-2-8-17)16(27)22-14-6-9-24(23-14)11-15(25)26/h3-6,9-10H,1-2,7-8,11H2,(H,25,26)(H,22,23,27). The molecule has 0 radical (unpaired) electrons. The molecule has 2 N–H and O–H groups in total. The number of carbonyl (C=O) groups excluding carboxylic acids is 1. The molecule has 1 amide bonds. The van der Waals surface area contributed by atoms with Gasteiger partial charge in [-0.25, -0.2) is 0 Å². The fourth-order valence-electron chi connectivity index (χ4n) is 3.51. The zero-order valence-corrected chi connectivity index (χ0v) is 14.3. The molecule has 1 aromatic heterocycles. The second-order valence-corrected chi connectivity index (χ2v) is 6.61. The lowest BCUT2D eigenvalue weighted by molar-refractivity contribution is -0.138. The van der Waals surface area contributed by atoms with E-state index in [9.17, 15) is 22.8 Å². The highest BCUT2D eigenvalue weighted by atomic mass is 19.4. The van der Waals surface area contributed by atoms with Gasteiger partial charge in [0, 0.05) is 12.3 Å². The van der Waals surface area contributed by atoms with Crippen LogP contribution in [0.5, 0.6) is 0 Å². The summed E-state index contributed by atoms with van der Waals surface area (Å²) in [5, 5.41) is 15.4. The quantitative estimate of drug-likeness (QED) is 0.831. The fourth-order valence-corrected chi connectivity index (χ4v) is 3.51. The van der Waals surface area contributed by atoms with Gasteiger partial charge in [0.05, 0.1) is 11.0 Å². The molecule has 27 heavy (non-hydrogen) atoms. The van der Waals surface area contributed by atoms with E-state index in [0.29, 0.717) is 18.4 Å². The minimum Gasteiger partial charge on any atom is -0.480 e. The van der Waals surface area contributed by atoms with Crippen molar-refractivity contribution in [3.05, 3.63) is 47.7 Å². The monoisotopic (exact) mass is 381 g/mol. The first kappa shape index (κ1) is 18.9. The van der Waals surface area contributed by atoms with Gasteiger partial charge >= 0.3 is 12.1 Å². The third kappa shape index (κ3) is 3.96. The Balaban J connectivity index is 1.87. The lowest BCUT2D eigenvalue weighted by atomic mass is 9.77. The van der Waals surface area contributed by atoms with Crippen LogP contribution in [-0.4, -0.2) is 26.8 Å². The Morgan fingerprint density at radius 3 is 2.56 bits per heavy atom. The Bertz CT molecular complexity index is 855. The van der Waals surface area contributed by atoms with E-state index in [-0.39, 0.29) is 12.4 Å². The van der Waals surface area contributed by atoms with Crippen LogP contribution in [0.4, 0.5) is 19.0 Å². The zero-order valence-electron chi connectivity index (χ0n) is 14.3. The third-order valence-electron chi connectivity index (χ3n) is 4.81. The number of amides is 1. The predicted molar refractivity (Wildman–Crippen MR) is 90.1 cm³/mol. The minimum atomic E-state index is -4.48. The van der Waals surface area contributed by atoms with Gasteiger partial charge in [0.1, 0.15) is 6.54 Å². The number of hydrogen-bond donors (Lipinski definition) is 2. The number of aromatic nitrogens is 2. The molecule has 1 fully saturated rings. The molecular weight excluding hydrogens is 363 g/mol. The largest absolute Gasteiger partial charge is 0.480 e. The molecule has 0 bridgehead atoms. The predicted octanol–water partition coefficient (Wildman–Crippen LogP) is 3.44. The second-order valence-electron chi connectivity index (χ2n) is 6.61. The molecule has 144 valence electrons. The van der Waals surface area contributed by atoms with Gasteiger partial charge in [-0.2, -0.15) is 18.3 Å². The van der Waals surface area contributed by atoms with E-state index in [1.165, 1.54) is 18.3 Å². The van der Waals surface area contributed by atoms with E-state index in [0.717, 1.165) is 29.7 Å². The van der Waals surface area contributed by atoms with Crippen LogP contribution in [0.2, 0.25) is 0 Å². The summed E-state index contributed by atoms with van der Waals surface area (Å²) < 4.78 is 40.4. The number of halogens is 3. The van der Waals surface area contributed by atoms with Crippen LogP contribution >= 0.6 is 0 Å². The first-order valence-corrected chi connectivity index (χ1v) is 8.45. The molecule has 0 aliphatic heterocycles. The van der Waals surface area contributed by atoms with E-state index in [1.54, 1.807) is 6.07 Å². The van der Waals surface area contributed by atoms with Crippen molar-refractivity contribution >= 4 is 17.7 Å². The molecule has 1 heterocycles. The topological polar surface area (TPSA) is 84.2 Å². The molecule has 0 atom stereocenters. The van der Waals surface area contributed by atoms with Crippen LogP contribution in [0.25, 0.3) is 0 Å². The molecule has 1 aliphatic rings. The highest BCUT2D eigenvalue weighted by Crippen LogP contribution is 2.43. The lowest BCUT2D eigenvalue weighted by Crippen LogP contribution is -2.38. The number of benzene rings is 1. The van der Waals surface area contributed by atoms with E-state index in [1.807, 2.05) is 0 Å². The molecule has 0 unspecified atom stereocenters. The molecule has 1 aliphatic carbocycles. The first-order chi connectivity index (χ1) is 12.7. The molecule has 2 aromatic rings. The molecular formula is C18H18F3N3O3. The van der Waals surface area contributed by atoms with E-state index >= 15 is 0 Å². The van der Waals surface area contributed by atoms with Crippen LogP contribution < -0.4 is 5.32 Å². The van der Waals surface area contributed by atoms with Gasteiger partial charge in [-0.15, -0.1) is 0 Å². The summed E-state index contributed by atoms with van der Waals surface area (Å²) in [5.74, 6) is -1.34. The summed E-state index contributed by atoms with van der Waals surface area (Å²) in [5.41, 5.74) is -1.51. The molecule has 0 spiro atoms. The maximum atomic E-state index is 13.1. The average molecular weight is 381 g/mol. The molecule has 3 rings (SSSR count). The summed E-state index contributed by atoms with van der Waals surface area (Å²) in [6, 6.07) is 6.33. The Morgan fingerprint density at radius 1 is 1.22 bits per heavy atom. The SMILES string of the molecule is O=C(O)Cn1ccc(NC(=O)C2(c3cccc(C(F)(F)F)c3)CCCC2)n1. The number of rotatable bonds is 5. The summed E-state index contributed by atoms with van der Waals surface area (Å²) in [7, 11) is 0. The van der Waals surface area contributed by atoms with Crippen LogP contribution in [-0.2, 0) is 27.7 Å². The minimum absolute atomic E-state index is 0.166. The molecule has 9 heteroatoms. The maximum Gasteiger partial charge on any atom is 0.416 e. The van der Waals surface area contributed by atoms with Crippen LogP contribution in [0.15, 0.2) is 36.5 Å². The average Bonchev–Trinajstić information content (AvgIpc) is 3.24. The second kappa shape index (κ2) is 7.05. The van der Waals surface area contributed by atoms with Crippen LogP contribution in [0.1, 0.15) is 36.8 Å². The summed E-state index contributed by atoms with van der Waals surface area (Å²) >= 11 is 0. The molecule has 1 saturated carbocycles. The Labute approximate surface area is 153 Å². The summed E-state index contributed by atoms with van der Waals surface area (Å²) in [6.07, 6.45) is -0.725. The van der Waals surface area contributed by atoms with Gasteiger partial charge in [0.25, 0.3) is 0 Å². The molecule has 6 nitrogen and oxygen atoms in total. The van der Waals surface area contributed by atoms with Crippen molar-refractivity contribution in [1.82, 2.24) is 9.78 Å². The Morgan fingerprint density at radius 2 is 1.93 bits per heavy atom. The molecule has 1 aromatic carbocycles. The van der Waals surface area contributed by atoms with E-state index in [4.69, 9.17) is 5.11 Å². The van der Waals surface area contributed by atoms with Gasteiger partial charge in [-0.05, 0) is 24.5 Å². The van der Waals surface area contributed by atoms with E-state index in [2.05, 4.69) is 10.4 Å². The number of carboxylic acid groups (broad SMARTS) is 1. The van der Waals surface area contributed by atoms with Crippen molar-refractivity contribution in [3.63, 3.8) is 0 Å². The van der Waals surface area contributed by atoms with Gasteiger partial charge in [0.15, 0.2) is 5.82 Å². The lowest BCUT2D eigenvalue weighted by Gasteiger charge is -2.28. The normalized spacial score (nSPS) is 16.3. The number of alkyl halides is 3. The Hall–Kier alpha value is -2.84. The summed E-state index contributed by atoms with van der Waals surface area (Å²) in [4.78, 5) is 23.7. The van der Waals surface area contributed by atoms with Crippen LogP contribution in [0, 0.1) is 0 Å². The Kier molecular flexibility index (Phi) is 4.95. The van der Waals surface area contributed by atoms with Gasteiger partial charge in [0.2, 0.25) is 5.91 Å². The van der Waals surface area contributed by atoms with E-state index < -0.39 is 29.0 Å². The van der Waals surface area contributed by atoms with Gasteiger partial charge in [-0.3, -0.25) is 14.3 Å². The summed E-state index contributed by atoms with van der Waals surface area (Å²) in [6.45, 7) is -0.353. The highest BCUT2D eigenvalue weighted by Gasteiger charge is 2.44. The number of carboxylic acids is 1.